The van der Waals surface area contributed by atoms with Gasteiger partial charge >= 0.3 is 5.97 Å². The van der Waals surface area contributed by atoms with Gasteiger partial charge in [0.2, 0.25) is 11.9 Å². The van der Waals surface area contributed by atoms with E-state index in [2.05, 4.69) is 15.3 Å². The van der Waals surface area contributed by atoms with Gasteiger partial charge in [0.15, 0.2) is 23.0 Å². The summed E-state index contributed by atoms with van der Waals surface area (Å²) in [5.41, 5.74) is 3.12. The van der Waals surface area contributed by atoms with Gasteiger partial charge in [-0.3, -0.25) is 4.79 Å². The summed E-state index contributed by atoms with van der Waals surface area (Å²) in [6, 6.07) is 15.4. The van der Waals surface area contributed by atoms with E-state index in [4.69, 9.17) is 23.4 Å². The van der Waals surface area contributed by atoms with Crippen LogP contribution in [0, 0.1) is 0 Å². The maximum absolute atomic E-state index is 12.3. The first kappa shape index (κ1) is 22.7. The van der Waals surface area contributed by atoms with E-state index in [9.17, 15) is 9.59 Å². The van der Waals surface area contributed by atoms with E-state index in [-0.39, 0.29) is 19.0 Å². The Labute approximate surface area is 195 Å². The number of nitrogens with one attached hydrogen (secondary N) is 1. The van der Waals surface area contributed by atoms with Gasteiger partial charge in [0, 0.05) is 0 Å². The lowest BCUT2D eigenvalue weighted by Crippen LogP contribution is -2.42. The molecule has 10 nitrogen and oxygen atoms in total. The molecule has 1 aliphatic rings. The number of fused-ring (bicyclic) bond motifs is 1. The molecule has 0 aliphatic carbocycles. The molecule has 0 radical (unpaired) electrons. The Morgan fingerprint density at radius 3 is 2.71 bits per heavy atom. The number of methoxy groups -OCH3 is 2. The predicted molar refractivity (Wildman–Crippen MR) is 119 cm³/mol. The Kier molecular flexibility index (Phi) is 6.97. The molecule has 0 saturated heterocycles. The van der Waals surface area contributed by atoms with E-state index >= 15 is 0 Å². The summed E-state index contributed by atoms with van der Waals surface area (Å²) < 4.78 is 32.3. The van der Waals surface area contributed by atoms with Crippen LogP contribution < -0.4 is 24.4 Å². The molecule has 0 spiro atoms. The van der Waals surface area contributed by atoms with Gasteiger partial charge in [-0.05, 0) is 48.0 Å². The van der Waals surface area contributed by atoms with E-state index in [1.165, 1.54) is 26.5 Å². The summed E-state index contributed by atoms with van der Waals surface area (Å²) in [5.74, 6) is 1.58. The second kappa shape index (κ2) is 10.4. The van der Waals surface area contributed by atoms with Crippen molar-refractivity contribution in [3.63, 3.8) is 0 Å². The molecule has 1 aromatic heterocycles. The molecule has 1 unspecified atom stereocenters. The highest BCUT2D eigenvalue weighted by molar-refractivity contribution is 5.86. The highest BCUT2D eigenvalue weighted by atomic mass is 16.6. The summed E-state index contributed by atoms with van der Waals surface area (Å²) in [7, 11) is 2.78. The van der Waals surface area contributed by atoms with Crippen molar-refractivity contribution in [2.75, 3.05) is 20.8 Å². The van der Waals surface area contributed by atoms with Crippen molar-refractivity contribution < 1.29 is 37.7 Å². The average molecular weight is 466 g/mol. The first-order valence-corrected chi connectivity index (χ1v) is 10.3. The fraction of sp³-hybridized carbons (Fsp3) is 0.208. The van der Waals surface area contributed by atoms with Gasteiger partial charge in [0.25, 0.3) is 5.91 Å². The summed E-state index contributed by atoms with van der Waals surface area (Å²) >= 11 is 0. The molecule has 2 heterocycles. The van der Waals surface area contributed by atoms with Crippen molar-refractivity contribution in [1.29, 1.82) is 0 Å². The van der Waals surface area contributed by atoms with Crippen molar-refractivity contribution in [1.82, 2.24) is 5.43 Å². The number of nitrogens with zero attached hydrogens (tertiary/aromatic N) is 1. The van der Waals surface area contributed by atoms with Crippen molar-refractivity contribution in [3.8, 4) is 23.0 Å². The van der Waals surface area contributed by atoms with E-state index in [0.29, 0.717) is 34.3 Å². The number of amides is 1. The van der Waals surface area contributed by atoms with Crippen LogP contribution in [0.25, 0.3) is 0 Å². The van der Waals surface area contributed by atoms with Crippen LogP contribution in [0.15, 0.2) is 64.1 Å². The average Bonchev–Trinajstić information content (AvgIpc) is 3.36. The minimum atomic E-state index is -0.807. The second-order valence-electron chi connectivity index (χ2n) is 7.05. The number of hydrogen-bond acceptors (Lipinski definition) is 9. The van der Waals surface area contributed by atoms with Crippen LogP contribution in [0.3, 0.4) is 0 Å². The molecule has 176 valence electrons. The first-order chi connectivity index (χ1) is 16.6. The van der Waals surface area contributed by atoms with Crippen LogP contribution in [0.4, 0.5) is 0 Å². The highest BCUT2D eigenvalue weighted by Crippen LogP contribution is 2.31. The van der Waals surface area contributed by atoms with Crippen LogP contribution in [0.5, 0.6) is 23.0 Å². The topological polar surface area (TPSA) is 118 Å². The van der Waals surface area contributed by atoms with Crippen LogP contribution in [-0.4, -0.2) is 45.0 Å². The molecule has 3 aromatic rings. The van der Waals surface area contributed by atoms with E-state index in [1.54, 1.807) is 42.5 Å². The molecule has 10 heteroatoms. The number of carbonyl (C=O) groups is 2. The number of hydrogen-bond donors (Lipinski definition) is 1. The number of para-hydroxylation sites is 2. The van der Waals surface area contributed by atoms with E-state index < -0.39 is 18.0 Å². The van der Waals surface area contributed by atoms with Gasteiger partial charge in [-0.15, -0.1) is 0 Å². The second-order valence-corrected chi connectivity index (χ2v) is 7.05. The van der Waals surface area contributed by atoms with Crippen molar-refractivity contribution in [2.24, 2.45) is 5.10 Å². The summed E-state index contributed by atoms with van der Waals surface area (Å²) in [6.45, 7) is 0.179. The van der Waals surface area contributed by atoms with Gasteiger partial charge in [-0.2, -0.15) is 5.10 Å². The smallest absolute Gasteiger partial charge is 0.373 e. The Bertz CT molecular complexity index is 1200. The van der Waals surface area contributed by atoms with Crippen molar-refractivity contribution in [3.05, 3.63) is 71.7 Å². The third-order valence-corrected chi connectivity index (χ3v) is 4.80. The number of rotatable bonds is 8. The zero-order valence-electron chi connectivity index (χ0n) is 18.5. The van der Waals surface area contributed by atoms with Crippen LogP contribution in [0.1, 0.15) is 21.9 Å². The van der Waals surface area contributed by atoms with Gasteiger partial charge in [0.1, 0.15) is 19.0 Å². The number of furan rings is 1. The Morgan fingerprint density at radius 2 is 1.91 bits per heavy atom. The standard InChI is InChI=1S/C24H22N2O8/c1-29-21-11-15(7-9-18(21)31-13-16-8-10-20(33-16)24(28)30-2)12-25-26-23(27)22-14-32-17-5-3-4-6-19(17)34-22/h3-12,22H,13-14H2,1-2H3,(H,26,27)/b25-12+. The molecule has 1 aliphatic heterocycles. The normalized spacial score (nSPS) is 14.5. The summed E-state index contributed by atoms with van der Waals surface area (Å²) in [6.07, 6.45) is 0.662. The van der Waals surface area contributed by atoms with Gasteiger partial charge < -0.3 is 28.1 Å². The number of benzene rings is 2. The molecule has 4 rings (SSSR count). The number of esters is 1. The minimum Gasteiger partial charge on any atom is -0.493 e. The lowest BCUT2D eigenvalue weighted by molar-refractivity contribution is -0.130. The van der Waals surface area contributed by atoms with Gasteiger partial charge in [-0.1, -0.05) is 12.1 Å². The monoisotopic (exact) mass is 466 g/mol. The zero-order chi connectivity index (χ0) is 23.9. The third kappa shape index (κ3) is 5.29. The Balaban J connectivity index is 1.32. The predicted octanol–water partition coefficient (Wildman–Crippen LogP) is 2.94. The van der Waals surface area contributed by atoms with Crippen LogP contribution in [-0.2, 0) is 16.1 Å². The lowest BCUT2D eigenvalue weighted by atomic mass is 10.2. The molecule has 0 fully saturated rings. The summed E-state index contributed by atoms with van der Waals surface area (Å²) in [5, 5.41) is 3.98. The largest absolute Gasteiger partial charge is 0.493 e. The van der Waals surface area contributed by atoms with E-state index in [1.807, 2.05) is 6.07 Å². The molecular weight excluding hydrogens is 444 g/mol. The SMILES string of the molecule is COC(=O)c1ccc(COc2ccc(/C=N/NC(=O)C3COc4ccccc4O3)cc2OC)o1. The fourth-order valence-electron chi connectivity index (χ4n) is 3.09. The zero-order valence-corrected chi connectivity index (χ0v) is 18.5. The Morgan fingerprint density at radius 1 is 1.09 bits per heavy atom. The maximum atomic E-state index is 12.3. The minimum absolute atomic E-state index is 0.0867. The fourth-order valence-corrected chi connectivity index (χ4v) is 3.09. The lowest BCUT2D eigenvalue weighted by Gasteiger charge is -2.24. The highest BCUT2D eigenvalue weighted by Gasteiger charge is 2.27. The molecule has 1 N–H and O–H groups in total. The maximum Gasteiger partial charge on any atom is 0.373 e. The third-order valence-electron chi connectivity index (χ3n) is 4.80. The van der Waals surface area contributed by atoms with Gasteiger partial charge in [-0.25, -0.2) is 10.2 Å². The number of carbonyl (C=O) groups excluding carboxylic acids is 2. The molecular formula is C24H22N2O8. The number of hydrazone groups is 1. The van der Waals surface area contributed by atoms with Crippen molar-refractivity contribution in [2.45, 2.75) is 12.7 Å². The molecule has 0 bridgehead atoms. The molecule has 1 amide bonds. The van der Waals surface area contributed by atoms with Crippen LogP contribution in [0.2, 0.25) is 0 Å². The quantitative estimate of drug-likeness (QED) is 0.306. The number of ether oxygens (including phenoxy) is 5. The van der Waals surface area contributed by atoms with E-state index in [0.717, 1.165) is 0 Å². The van der Waals surface area contributed by atoms with Gasteiger partial charge in [0.05, 0.1) is 20.4 Å². The summed E-state index contributed by atoms with van der Waals surface area (Å²) in [4.78, 5) is 23.8. The first-order valence-electron chi connectivity index (χ1n) is 10.3. The van der Waals surface area contributed by atoms with Crippen LogP contribution >= 0.6 is 0 Å². The van der Waals surface area contributed by atoms with Crippen molar-refractivity contribution >= 4 is 18.1 Å². The Hall–Kier alpha value is -4.47. The molecule has 1 atom stereocenters. The molecule has 34 heavy (non-hydrogen) atoms. The molecule has 2 aromatic carbocycles. The molecule has 0 saturated carbocycles.